The van der Waals surface area contributed by atoms with Crippen LogP contribution in [0, 0.1) is 6.92 Å². The lowest BCUT2D eigenvalue weighted by Crippen LogP contribution is -2.23. The Labute approximate surface area is 164 Å². The molecule has 10 heteroatoms. The number of alkyl halides is 3. The molecule has 0 N–H and O–H groups in total. The number of nitrogens with zero attached hydrogens (tertiary/aromatic N) is 5. The van der Waals surface area contributed by atoms with Crippen LogP contribution < -0.4 is 5.69 Å². The van der Waals surface area contributed by atoms with Crippen LogP contribution in [0.1, 0.15) is 29.2 Å². The summed E-state index contributed by atoms with van der Waals surface area (Å²) in [5.74, 6) is 0. The van der Waals surface area contributed by atoms with E-state index in [2.05, 4.69) is 15.6 Å². The molecule has 0 atom stereocenters. The van der Waals surface area contributed by atoms with Crippen molar-refractivity contribution < 1.29 is 18.0 Å². The molecule has 29 heavy (non-hydrogen) atoms. The predicted molar refractivity (Wildman–Crippen MR) is 99.8 cm³/mol. The third-order valence-corrected chi connectivity index (χ3v) is 4.35. The zero-order valence-corrected chi connectivity index (χ0v) is 15.9. The van der Waals surface area contributed by atoms with Crippen molar-refractivity contribution in [2.75, 3.05) is 0 Å². The van der Waals surface area contributed by atoms with Gasteiger partial charge in [0.15, 0.2) is 0 Å². The molecule has 0 fully saturated rings. The van der Waals surface area contributed by atoms with E-state index in [1.54, 1.807) is 19.1 Å². The molecule has 152 valence electrons. The van der Waals surface area contributed by atoms with Crippen LogP contribution >= 0.6 is 0 Å². The molecular formula is C19H18F3N5O2. The van der Waals surface area contributed by atoms with E-state index in [1.807, 2.05) is 13.0 Å². The molecule has 2 aromatic carbocycles. The summed E-state index contributed by atoms with van der Waals surface area (Å²) in [5, 5.41) is 11.5. The highest BCUT2D eigenvalue weighted by molar-refractivity contribution is 5.98. The first-order valence-electron chi connectivity index (χ1n) is 8.60. The van der Waals surface area contributed by atoms with Crippen molar-refractivity contribution in [1.82, 2.24) is 19.8 Å². The van der Waals surface area contributed by atoms with Gasteiger partial charge in [-0.05, 0) is 53.6 Å². The summed E-state index contributed by atoms with van der Waals surface area (Å²) in [5.41, 5.74) is 1.42. The summed E-state index contributed by atoms with van der Waals surface area (Å²) in [6, 6.07) is 10.2. The molecule has 0 radical (unpaired) electrons. The monoisotopic (exact) mass is 405 g/mol. The quantitative estimate of drug-likeness (QED) is 0.483. The zero-order valence-electron chi connectivity index (χ0n) is 15.9. The van der Waals surface area contributed by atoms with E-state index in [0.29, 0.717) is 22.5 Å². The number of hydrogen-bond acceptors (Lipinski definition) is 5. The fourth-order valence-corrected chi connectivity index (χ4v) is 2.70. The van der Waals surface area contributed by atoms with E-state index in [1.165, 1.54) is 19.2 Å². The fraction of sp³-hybridized carbons (Fsp3) is 0.263. The van der Waals surface area contributed by atoms with Gasteiger partial charge in [-0.1, -0.05) is 29.4 Å². The van der Waals surface area contributed by atoms with Crippen molar-refractivity contribution >= 4 is 5.71 Å². The Morgan fingerprint density at radius 1 is 1.17 bits per heavy atom. The molecule has 0 aliphatic carbocycles. The highest BCUT2D eigenvalue weighted by Crippen LogP contribution is 2.29. The number of aromatic nitrogens is 4. The Morgan fingerprint density at radius 2 is 1.90 bits per heavy atom. The van der Waals surface area contributed by atoms with E-state index >= 15 is 0 Å². The standard InChI is InChI=1S/C19H18F3N5O2/c1-12-6-4-9-17(27-18(28)26(3)24-25-27)16(12)11-29-23-13(2)14-7-5-8-15(10-14)19(20,21)22/h4-10H,11H2,1-3H3/b23-13-. The Hall–Kier alpha value is -3.43. The smallest absolute Gasteiger partial charge is 0.391 e. The van der Waals surface area contributed by atoms with Gasteiger partial charge in [-0.2, -0.15) is 22.5 Å². The van der Waals surface area contributed by atoms with Crippen molar-refractivity contribution in [3.05, 3.63) is 75.2 Å². The largest absolute Gasteiger partial charge is 0.416 e. The Balaban J connectivity index is 1.84. The summed E-state index contributed by atoms with van der Waals surface area (Å²) in [6.07, 6.45) is -4.43. The van der Waals surface area contributed by atoms with E-state index in [-0.39, 0.29) is 6.61 Å². The highest BCUT2D eigenvalue weighted by Gasteiger charge is 2.30. The number of aryl methyl sites for hydroxylation is 2. The van der Waals surface area contributed by atoms with Crippen molar-refractivity contribution in [1.29, 1.82) is 0 Å². The van der Waals surface area contributed by atoms with Crippen LogP contribution in [0.5, 0.6) is 0 Å². The molecule has 0 amide bonds. The van der Waals surface area contributed by atoms with Crippen LogP contribution in [0.2, 0.25) is 0 Å². The number of oxime groups is 1. The summed E-state index contributed by atoms with van der Waals surface area (Å²) in [4.78, 5) is 17.5. The topological polar surface area (TPSA) is 74.3 Å². The van der Waals surface area contributed by atoms with Gasteiger partial charge in [0, 0.05) is 12.6 Å². The Morgan fingerprint density at radius 3 is 2.55 bits per heavy atom. The molecule has 0 bridgehead atoms. The molecule has 0 saturated carbocycles. The number of halogens is 3. The number of hydrogen-bond donors (Lipinski definition) is 0. The second kappa shape index (κ2) is 7.90. The normalized spacial score (nSPS) is 12.3. The van der Waals surface area contributed by atoms with Crippen LogP contribution in [-0.2, 0) is 24.7 Å². The Bertz CT molecular complexity index is 1120. The van der Waals surface area contributed by atoms with Crippen LogP contribution in [0.25, 0.3) is 5.69 Å². The van der Waals surface area contributed by atoms with Gasteiger partial charge < -0.3 is 4.84 Å². The van der Waals surface area contributed by atoms with Crippen molar-refractivity contribution in [3.8, 4) is 5.69 Å². The van der Waals surface area contributed by atoms with Gasteiger partial charge in [-0.3, -0.25) is 0 Å². The highest BCUT2D eigenvalue weighted by atomic mass is 19.4. The van der Waals surface area contributed by atoms with Gasteiger partial charge in [0.1, 0.15) is 6.61 Å². The molecule has 0 aliphatic rings. The van der Waals surface area contributed by atoms with Crippen LogP contribution in [0.15, 0.2) is 52.4 Å². The first-order chi connectivity index (χ1) is 13.7. The van der Waals surface area contributed by atoms with Crippen molar-refractivity contribution in [3.63, 3.8) is 0 Å². The lowest BCUT2D eigenvalue weighted by atomic mass is 10.1. The molecule has 3 aromatic rings. The molecule has 0 saturated heterocycles. The average Bonchev–Trinajstić information content (AvgIpc) is 3.01. The van der Waals surface area contributed by atoms with Gasteiger partial charge in [-0.15, -0.1) is 0 Å². The zero-order chi connectivity index (χ0) is 21.2. The van der Waals surface area contributed by atoms with E-state index < -0.39 is 17.4 Å². The van der Waals surface area contributed by atoms with E-state index in [0.717, 1.165) is 27.1 Å². The third-order valence-electron chi connectivity index (χ3n) is 4.35. The summed E-state index contributed by atoms with van der Waals surface area (Å²) < 4.78 is 40.9. The molecule has 1 heterocycles. The predicted octanol–water partition coefficient (Wildman–Crippen LogP) is 3.23. The van der Waals surface area contributed by atoms with Crippen LogP contribution in [0.3, 0.4) is 0 Å². The third kappa shape index (κ3) is 4.36. The first kappa shape index (κ1) is 20.3. The van der Waals surface area contributed by atoms with E-state index in [9.17, 15) is 18.0 Å². The Kier molecular flexibility index (Phi) is 5.53. The minimum atomic E-state index is -4.43. The van der Waals surface area contributed by atoms with Gasteiger partial charge >= 0.3 is 11.9 Å². The minimum absolute atomic E-state index is 0.00131. The SMILES string of the molecule is C/C(=N/OCc1c(C)cccc1-n1nnn(C)c1=O)c1cccc(C(F)(F)F)c1. The van der Waals surface area contributed by atoms with Crippen molar-refractivity contribution in [2.24, 2.45) is 12.2 Å². The van der Waals surface area contributed by atoms with Gasteiger partial charge in [-0.25, -0.2) is 4.79 Å². The molecule has 0 aliphatic heterocycles. The molecule has 0 unspecified atom stereocenters. The molecule has 3 rings (SSSR count). The maximum Gasteiger partial charge on any atom is 0.416 e. The number of benzene rings is 2. The lowest BCUT2D eigenvalue weighted by molar-refractivity contribution is -0.137. The van der Waals surface area contributed by atoms with Gasteiger partial charge in [0.25, 0.3) is 0 Å². The summed E-state index contributed by atoms with van der Waals surface area (Å²) in [7, 11) is 1.49. The van der Waals surface area contributed by atoms with E-state index in [4.69, 9.17) is 4.84 Å². The van der Waals surface area contributed by atoms with Crippen LogP contribution in [-0.4, -0.2) is 25.5 Å². The van der Waals surface area contributed by atoms with Crippen molar-refractivity contribution in [2.45, 2.75) is 26.6 Å². The van der Waals surface area contributed by atoms with Crippen LogP contribution in [0.4, 0.5) is 13.2 Å². The molecule has 1 aromatic heterocycles. The minimum Gasteiger partial charge on any atom is -0.391 e. The second-order valence-electron chi connectivity index (χ2n) is 6.40. The first-order valence-corrected chi connectivity index (χ1v) is 8.60. The molecule has 7 nitrogen and oxygen atoms in total. The second-order valence-corrected chi connectivity index (χ2v) is 6.40. The fourth-order valence-electron chi connectivity index (χ4n) is 2.70. The maximum absolute atomic E-state index is 12.9. The number of tetrazole rings is 1. The molecular weight excluding hydrogens is 387 g/mol. The average molecular weight is 405 g/mol. The number of rotatable bonds is 5. The maximum atomic E-state index is 12.9. The summed E-state index contributed by atoms with van der Waals surface area (Å²) >= 11 is 0. The summed E-state index contributed by atoms with van der Waals surface area (Å²) in [6.45, 7) is 3.40. The lowest BCUT2D eigenvalue weighted by Gasteiger charge is -2.11. The molecule has 0 spiro atoms. The van der Waals surface area contributed by atoms with Gasteiger partial charge in [0.2, 0.25) is 0 Å². The van der Waals surface area contributed by atoms with Gasteiger partial charge in [0.05, 0.1) is 17.0 Å².